The SMILES string of the molecule is CCCn1c(C2CCN(C(=O)c3ccc(C)c(N4CCCC4=O)c3)C2)nc2cccnc21. The van der Waals surface area contributed by atoms with Crippen LogP contribution in [0.5, 0.6) is 0 Å². The largest absolute Gasteiger partial charge is 0.338 e. The molecule has 1 unspecified atom stereocenters. The van der Waals surface area contributed by atoms with Crippen LogP contribution in [0.4, 0.5) is 5.69 Å². The van der Waals surface area contributed by atoms with Crippen LogP contribution in [0, 0.1) is 6.92 Å². The number of carbonyl (C=O) groups excluding carboxylic acids is 2. The number of aryl methyl sites for hydroxylation is 2. The van der Waals surface area contributed by atoms with Crippen molar-refractivity contribution in [2.24, 2.45) is 0 Å². The Morgan fingerprint density at radius 2 is 2.09 bits per heavy atom. The summed E-state index contributed by atoms with van der Waals surface area (Å²) in [6.45, 7) is 7.11. The summed E-state index contributed by atoms with van der Waals surface area (Å²) in [5.74, 6) is 1.40. The molecule has 0 spiro atoms. The van der Waals surface area contributed by atoms with Crippen LogP contribution in [0.3, 0.4) is 0 Å². The molecule has 0 N–H and O–H groups in total. The standard InChI is InChI=1S/C25H29N5O2/c1-3-12-30-23(27-20-6-4-11-26-24(20)30)19-10-14-28(16-19)25(32)18-9-8-17(2)21(15-18)29-13-5-7-22(29)31/h4,6,8-9,11,15,19H,3,5,7,10,12-14,16H2,1-2H3. The van der Waals surface area contributed by atoms with Crippen LogP contribution in [0.25, 0.3) is 11.2 Å². The van der Waals surface area contributed by atoms with Crippen LogP contribution in [-0.2, 0) is 11.3 Å². The number of benzene rings is 1. The molecule has 7 nitrogen and oxygen atoms in total. The van der Waals surface area contributed by atoms with Crippen molar-refractivity contribution in [3.05, 3.63) is 53.5 Å². The number of carbonyl (C=O) groups is 2. The third-order valence-corrected chi connectivity index (χ3v) is 6.64. The molecule has 2 fully saturated rings. The highest BCUT2D eigenvalue weighted by atomic mass is 16.2. The molecule has 0 saturated carbocycles. The van der Waals surface area contributed by atoms with Crippen molar-refractivity contribution >= 4 is 28.7 Å². The van der Waals surface area contributed by atoms with Gasteiger partial charge in [-0.2, -0.15) is 0 Å². The third-order valence-electron chi connectivity index (χ3n) is 6.64. The average Bonchev–Trinajstić information content (AvgIpc) is 3.53. The minimum absolute atomic E-state index is 0.0247. The van der Waals surface area contributed by atoms with Gasteiger partial charge in [-0.15, -0.1) is 0 Å². The van der Waals surface area contributed by atoms with Gasteiger partial charge in [-0.3, -0.25) is 9.59 Å². The fraction of sp³-hybridized carbons (Fsp3) is 0.440. The van der Waals surface area contributed by atoms with Crippen molar-refractivity contribution in [1.82, 2.24) is 19.4 Å². The molecule has 2 aromatic heterocycles. The first-order valence-electron chi connectivity index (χ1n) is 11.6. The molecule has 0 bridgehead atoms. The number of nitrogens with zero attached hydrogens (tertiary/aromatic N) is 5. The lowest BCUT2D eigenvalue weighted by atomic mass is 10.1. The fourth-order valence-electron chi connectivity index (χ4n) is 5.01. The molecule has 2 saturated heterocycles. The van der Waals surface area contributed by atoms with Gasteiger partial charge in [0.05, 0.1) is 0 Å². The first kappa shape index (κ1) is 20.7. The maximum absolute atomic E-state index is 13.3. The zero-order chi connectivity index (χ0) is 22.2. The van der Waals surface area contributed by atoms with Gasteiger partial charge in [0.2, 0.25) is 5.91 Å². The van der Waals surface area contributed by atoms with E-state index in [2.05, 4.69) is 16.5 Å². The van der Waals surface area contributed by atoms with Crippen molar-refractivity contribution in [2.45, 2.75) is 52.0 Å². The molecule has 1 atom stereocenters. The van der Waals surface area contributed by atoms with Gasteiger partial charge in [0, 0.05) is 56.0 Å². The summed E-state index contributed by atoms with van der Waals surface area (Å²) >= 11 is 0. The Morgan fingerprint density at radius 1 is 1.22 bits per heavy atom. The third kappa shape index (κ3) is 3.55. The van der Waals surface area contributed by atoms with E-state index in [9.17, 15) is 9.59 Å². The van der Waals surface area contributed by atoms with Crippen molar-refractivity contribution < 1.29 is 9.59 Å². The number of amides is 2. The van der Waals surface area contributed by atoms with E-state index in [1.54, 1.807) is 0 Å². The van der Waals surface area contributed by atoms with E-state index in [1.165, 1.54) is 0 Å². The summed E-state index contributed by atoms with van der Waals surface area (Å²) < 4.78 is 2.22. The van der Waals surface area contributed by atoms with E-state index in [-0.39, 0.29) is 17.7 Å². The van der Waals surface area contributed by atoms with E-state index < -0.39 is 0 Å². The Kier molecular flexibility index (Phi) is 5.41. The minimum atomic E-state index is 0.0247. The summed E-state index contributed by atoms with van der Waals surface area (Å²) in [4.78, 5) is 38.8. The lowest BCUT2D eigenvalue weighted by molar-refractivity contribution is -0.117. The number of imidazole rings is 1. The summed E-state index contributed by atoms with van der Waals surface area (Å²) in [5.41, 5.74) is 4.38. The average molecular weight is 432 g/mol. The van der Waals surface area contributed by atoms with Gasteiger partial charge in [-0.05, 0) is 56.0 Å². The minimum Gasteiger partial charge on any atom is -0.338 e. The maximum atomic E-state index is 13.3. The molecule has 5 rings (SSSR count). The quantitative estimate of drug-likeness (QED) is 0.614. The van der Waals surface area contributed by atoms with Crippen LogP contribution < -0.4 is 4.90 Å². The van der Waals surface area contributed by atoms with Gasteiger partial charge in [-0.1, -0.05) is 13.0 Å². The fourth-order valence-corrected chi connectivity index (χ4v) is 5.01. The molecule has 3 aromatic rings. The summed E-state index contributed by atoms with van der Waals surface area (Å²) in [6, 6.07) is 9.65. The van der Waals surface area contributed by atoms with Crippen LogP contribution in [0.1, 0.15) is 60.3 Å². The molecule has 1 aromatic carbocycles. The summed E-state index contributed by atoms with van der Waals surface area (Å²) in [5, 5.41) is 0. The number of rotatable bonds is 5. The molecule has 0 aliphatic carbocycles. The Bertz CT molecular complexity index is 1180. The predicted octanol–water partition coefficient (Wildman–Crippen LogP) is 3.91. The lowest BCUT2D eigenvalue weighted by Crippen LogP contribution is -2.30. The Balaban J connectivity index is 1.38. The molecule has 7 heteroatoms. The lowest BCUT2D eigenvalue weighted by Gasteiger charge is -2.21. The van der Waals surface area contributed by atoms with Crippen LogP contribution in [0.15, 0.2) is 36.5 Å². The second-order valence-corrected chi connectivity index (χ2v) is 8.85. The highest BCUT2D eigenvalue weighted by Crippen LogP contribution is 2.31. The second kappa shape index (κ2) is 8.37. The van der Waals surface area contributed by atoms with Gasteiger partial charge in [0.1, 0.15) is 11.3 Å². The molecule has 2 aliphatic rings. The number of hydrogen-bond donors (Lipinski definition) is 0. The highest BCUT2D eigenvalue weighted by Gasteiger charge is 2.32. The van der Waals surface area contributed by atoms with Crippen molar-refractivity contribution in [3.8, 4) is 0 Å². The van der Waals surface area contributed by atoms with E-state index in [0.717, 1.165) is 60.6 Å². The topological polar surface area (TPSA) is 71.3 Å². The second-order valence-electron chi connectivity index (χ2n) is 8.85. The molecular formula is C25H29N5O2. The maximum Gasteiger partial charge on any atom is 0.253 e. The van der Waals surface area contributed by atoms with E-state index >= 15 is 0 Å². The normalized spacial score (nSPS) is 18.8. The van der Waals surface area contributed by atoms with Crippen molar-refractivity contribution in [2.75, 3.05) is 24.5 Å². The summed E-state index contributed by atoms with van der Waals surface area (Å²) in [6.07, 6.45) is 5.16. The number of aromatic nitrogens is 3. The van der Waals surface area contributed by atoms with Crippen molar-refractivity contribution in [1.29, 1.82) is 0 Å². The first-order chi connectivity index (χ1) is 15.6. The molecule has 2 aliphatic heterocycles. The van der Waals surface area contributed by atoms with Gasteiger partial charge in [0.25, 0.3) is 5.91 Å². The zero-order valence-electron chi connectivity index (χ0n) is 18.8. The van der Waals surface area contributed by atoms with E-state index in [0.29, 0.717) is 25.1 Å². The number of pyridine rings is 1. The van der Waals surface area contributed by atoms with Crippen LogP contribution in [0.2, 0.25) is 0 Å². The first-order valence-corrected chi connectivity index (χ1v) is 11.6. The summed E-state index contributed by atoms with van der Waals surface area (Å²) in [7, 11) is 0. The monoisotopic (exact) mass is 431 g/mol. The van der Waals surface area contributed by atoms with Crippen LogP contribution in [-0.4, -0.2) is 50.9 Å². The zero-order valence-corrected chi connectivity index (χ0v) is 18.8. The molecular weight excluding hydrogens is 402 g/mol. The van der Waals surface area contributed by atoms with E-state index in [4.69, 9.17) is 4.98 Å². The van der Waals surface area contributed by atoms with Gasteiger partial charge in [-0.25, -0.2) is 9.97 Å². The molecule has 2 amide bonds. The Labute approximate surface area is 188 Å². The van der Waals surface area contributed by atoms with Gasteiger partial charge in [0.15, 0.2) is 5.65 Å². The Morgan fingerprint density at radius 3 is 2.88 bits per heavy atom. The van der Waals surface area contributed by atoms with Gasteiger partial charge >= 0.3 is 0 Å². The molecule has 166 valence electrons. The van der Waals surface area contributed by atoms with Crippen molar-refractivity contribution in [3.63, 3.8) is 0 Å². The number of anilines is 1. The smallest absolute Gasteiger partial charge is 0.253 e. The molecule has 32 heavy (non-hydrogen) atoms. The molecule has 4 heterocycles. The predicted molar refractivity (Wildman–Crippen MR) is 124 cm³/mol. The van der Waals surface area contributed by atoms with E-state index in [1.807, 2.05) is 53.3 Å². The number of fused-ring (bicyclic) bond motifs is 1. The highest BCUT2D eigenvalue weighted by molar-refractivity contribution is 5.99. The Hall–Kier alpha value is -3.22. The number of likely N-dealkylation sites (tertiary alicyclic amines) is 1. The molecule has 0 radical (unpaired) electrons. The number of hydrogen-bond acceptors (Lipinski definition) is 4. The van der Waals surface area contributed by atoms with Gasteiger partial charge < -0.3 is 14.4 Å². The van der Waals surface area contributed by atoms with Crippen LogP contribution >= 0.6 is 0 Å².